The van der Waals surface area contributed by atoms with Crippen molar-refractivity contribution in [3.05, 3.63) is 77.0 Å². The van der Waals surface area contributed by atoms with E-state index in [4.69, 9.17) is 9.72 Å². The third-order valence-corrected chi connectivity index (χ3v) is 8.41. The first-order chi connectivity index (χ1) is 21.0. The third kappa shape index (κ3) is 4.20. The fourth-order valence-corrected chi connectivity index (χ4v) is 6.33. The number of rotatable bonds is 6. The molecule has 226 valence electrons. The first kappa shape index (κ1) is 27.8. The number of aliphatic hydroxyl groups is 1. The lowest BCUT2D eigenvalue weighted by molar-refractivity contribution is 0.0312. The molecule has 1 fully saturated rings. The Bertz CT molecular complexity index is 2150. The number of alkyl halides is 2. The number of nitrogens with zero attached hydrogens (tertiary/aromatic N) is 7. The maximum absolute atomic E-state index is 14.7. The minimum absolute atomic E-state index is 0.148. The lowest BCUT2D eigenvalue weighted by atomic mass is 9.95. The number of imidazole rings is 2. The van der Waals surface area contributed by atoms with Gasteiger partial charge in [0.05, 0.1) is 57.9 Å². The van der Waals surface area contributed by atoms with Gasteiger partial charge in [0.15, 0.2) is 0 Å². The van der Waals surface area contributed by atoms with Crippen LogP contribution in [0.15, 0.2) is 65.7 Å². The summed E-state index contributed by atoms with van der Waals surface area (Å²) in [5.74, 6) is 1.06. The number of hydrogen-bond acceptors (Lipinski definition) is 6. The summed E-state index contributed by atoms with van der Waals surface area (Å²) in [7, 11) is 6.72. The van der Waals surface area contributed by atoms with Crippen LogP contribution in [0.5, 0.6) is 5.75 Å². The third-order valence-electron chi connectivity index (χ3n) is 8.41. The second-order valence-electron chi connectivity index (χ2n) is 11.7. The zero-order valence-corrected chi connectivity index (χ0v) is 24.9. The fourth-order valence-electron chi connectivity index (χ4n) is 6.33. The minimum Gasteiger partial charge on any atom is -0.496 e. The number of aromatic nitrogens is 6. The molecule has 12 heteroatoms. The van der Waals surface area contributed by atoms with Gasteiger partial charge >= 0.3 is 5.69 Å². The van der Waals surface area contributed by atoms with E-state index in [1.807, 2.05) is 45.9 Å². The van der Waals surface area contributed by atoms with Crippen molar-refractivity contribution in [1.29, 1.82) is 0 Å². The quantitative estimate of drug-likeness (QED) is 0.296. The lowest BCUT2D eigenvalue weighted by Crippen LogP contribution is -2.60. The average molecular weight is 600 g/mol. The maximum Gasteiger partial charge on any atom is 0.328 e. The summed E-state index contributed by atoms with van der Waals surface area (Å²) in [5, 5.41) is 14.8. The van der Waals surface area contributed by atoms with Gasteiger partial charge in [-0.1, -0.05) is 12.1 Å². The average Bonchev–Trinajstić information content (AvgIpc) is 3.65. The zero-order valence-electron chi connectivity index (χ0n) is 24.9. The van der Waals surface area contributed by atoms with E-state index >= 15 is 0 Å². The number of methoxy groups -OCH3 is 1. The molecule has 44 heavy (non-hydrogen) atoms. The normalized spacial score (nSPS) is 14.6. The van der Waals surface area contributed by atoms with E-state index in [-0.39, 0.29) is 11.3 Å². The number of aryl methyl sites for hydroxylation is 3. The van der Waals surface area contributed by atoms with E-state index in [1.54, 1.807) is 67.5 Å². The Kier molecular flexibility index (Phi) is 6.19. The van der Waals surface area contributed by atoms with E-state index in [0.717, 1.165) is 5.69 Å². The summed E-state index contributed by atoms with van der Waals surface area (Å²) in [6.07, 6.45) is 0.496. The topological polar surface area (TPSA) is 95.3 Å². The molecule has 0 saturated carbocycles. The molecule has 4 heterocycles. The van der Waals surface area contributed by atoms with Crippen molar-refractivity contribution < 1.29 is 18.6 Å². The molecule has 0 unspecified atom stereocenters. The van der Waals surface area contributed by atoms with Crippen LogP contribution in [-0.4, -0.2) is 59.4 Å². The van der Waals surface area contributed by atoms with Crippen LogP contribution in [0.4, 0.5) is 14.5 Å². The predicted octanol–water partition coefficient (Wildman–Crippen LogP) is 4.80. The summed E-state index contributed by atoms with van der Waals surface area (Å²) in [4.78, 5) is 20.1. The summed E-state index contributed by atoms with van der Waals surface area (Å²) >= 11 is 0. The minimum atomic E-state index is -2.76. The molecule has 0 radical (unpaired) electrons. The summed E-state index contributed by atoms with van der Waals surface area (Å²) in [6, 6.07) is 14.4. The van der Waals surface area contributed by atoms with Crippen LogP contribution < -0.4 is 15.3 Å². The molecule has 0 bridgehead atoms. The Morgan fingerprint density at radius 1 is 1.00 bits per heavy atom. The fraction of sp³-hybridized carbons (Fsp3) is 0.281. The SMILES string of the molecule is COc1ccccc1-c1nc2cc(-c3cnn(C)c3)c(C(F)F)cc2n1-c1cc(N2CC(C)(O)C2)c2c(c1)n(C)c(=O)n2C. The highest BCUT2D eigenvalue weighted by Gasteiger charge is 2.38. The molecule has 1 aliphatic rings. The largest absolute Gasteiger partial charge is 0.496 e. The van der Waals surface area contributed by atoms with Gasteiger partial charge in [-0.05, 0) is 48.9 Å². The Hall–Kier alpha value is -4.97. The standard InChI is InChI=1S/C32H31F2N7O3/c1-32(43)16-40(17-32)26-11-19(10-25-28(26)39(4)31(42)38(25)3)41-24-13-22(29(33)34)21(18-14-35-37(2)15-18)12-23(24)36-30(41)20-8-6-7-9-27(20)44-5/h6-15,29,43H,16-17H2,1-5H3. The Balaban J connectivity index is 1.58. The highest BCUT2D eigenvalue weighted by molar-refractivity contribution is 5.95. The highest BCUT2D eigenvalue weighted by atomic mass is 19.3. The van der Waals surface area contributed by atoms with Crippen LogP contribution in [-0.2, 0) is 21.1 Å². The molecule has 0 atom stereocenters. The van der Waals surface area contributed by atoms with Crippen molar-refractivity contribution in [3.8, 4) is 34.0 Å². The molecule has 1 aliphatic heterocycles. The van der Waals surface area contributed by atoms with Crippen LogP contribution in [0.3, 0.4) is 0 Å². The molecule has 0 spiro atoms. The van der Waals surface area contributed by atoms with E-state index < -0.39 is 12.0 Å². The zero-order chi connectivity index (χ0) is 31.1. The lowest BCUT2D eigenvalue weighted by Gasteiger charge is -2.46. The van der Waals surface area contributed by atoms with Gasteiger partial charge in [0.25, 0.3) is 6.43 Å². The summed E-state index contributed by atoms with van der Waals surface area (Å²) in [6.45, 7) is 2.52. The molecular weight excluding hydrogens is 568 g/mol. The first-order valence-electron chi connectivity index (χ1n) is 14.1. The number of benzene rings is 3. The number of halogens is 2. The molecule has 3 aromatic heterocycles. The first-order valence-corrected chi connectivity index (χ1v) is 14.1. The Labute approximate surface area is 250 Å². The number of anilines is 1. The van der Waals surface area contributed by atoms with Gasteiger partial charge < -0.3 is 14.7 Å². The molecule has 0 amide bonds. The second kappa shape index (κ2) is 9.78. The van der Waals surface area contributed by atoms with Gasteiger partial charge in [0, 0.05) is 51.6 Å². The number of fused-ring (bicyclic) bond motifs is 2. The van der Waals surface area contributed by atoms with Crippen LogP contribution in [0, 0.1) is 0 Å². The van der Waals surface area contributed by atoms with E-state index in [9.17, 15) is 18.7 Å². The van der Waals surface area contributed by atoms with Crippen molar-refractivity contribution in [2.24, 2.45) is 21.1 Å². The molecule has 1 saturated heterocycles. The van der Waals surface area contributed by atoms with Gasteiger partial charge in [-0.2, -0.15) is 5.10 Å². The van der Waals surface area contributed by atoms with Crippen LogP contribution in [0.25, 0.3) is 50.3 Å². The van der Waals surface area contributed by atoms with Crippen molar-refractivity contribution in [2.75, 3.05) is 25.1 Å². The molecule has 1 N–H and O–H groups in total. The number of para-hydroxylation sites is 1. The molecule has 7 rings (SSSR count). The summed E-state index contributed by atoms with van der Waals surface area (Å²) in [5.41, 5.74) is 4.08. The highest BCUT2D eigenvalue weighted by Crippen LogP contribution is 2.41. The van der Waals surface area contributed by atoms with Crippen molar-refractivity contribution in [2.45, 2.75) is 19.0 Å². The van der Waals surface area contributed by atoms with Gasteiger partial charge in [0.1, 0.15) is 11.6 Å². The second-order valence-corrected chi connectivity index (χ2v) is 11.7. The Morgan fingerprint density at radius 3 is 2.41 bits per heavy atom. The van der Waals surface area contributed by atoms with E-state index in [1.165, 1.54) is 6.07 Å². The Morgan fingerprint density at radius 2 is 1.75 bits per heavy atom. The smallest absolute Gasteiger partial charge is 0.328 e. The number of hydrogen-bond donors (Lipinski definition) is 1. The summed E-state index contributed by atoms with van der Waals surface area (Å²) < 4.78 is 41.6. The van der Waals surface area contributed by atoms with Gasteiger partial charge in [-0.25, -0.2) is 18.6 Å². The molecule has 3 aromatic carbocycles. The number of ether oxygens (including phenoxy) is 1. The van der Waals surface area contributed by atoms with Gasteiger partial charge in [0.2, 0.25) is 0 Å². The van der Waals surface area contributed by atoms with Crippen molar-refractivity contribution in [3.63, 3.8) is 0 Å². The van der Waals surface area contributed by atoms with Crippen LogP contribution in [0.1, 0.15) is 18.9 Å². The van der Waals surface area contributed by atoms with Crippen molar-refractivity contribution in [1.82, 2.24) is 28.5 Å². The van der Waals surface area contributed by atoms with E-state index in [2.05, 4.69) is 5.10 Å². The predicted molar refractivity (Wildman–Crippen MR) is 165 cm³/mol. The monoisotopic (exact) mass is 599 g/mol. The maximum atomic E-state index is 14.7. The van der Waals surface area contributed by atoms with E-state index in [0.29, 0.717) is 69.1 Å². The molecule has 10 nitrogen and oxygen atoms in total. The van der Waals surface area contributed by atoms with Crippen LogP contribution in [0.2, 0.25) is 0 Å². The van der Waals surface area contributed by atoms with Gasteiger partial charge in [-0.3, -0.25) is 18.4 Å². The number of β-amino-alcohol motifs (C(OH)–C–C–N with tert-alkyl or cyclic N) is 1. The van der Waals surface area contributed by atoms with Gasteiger partial charge in [-0.15, -0.1) is 0 Å². The molecule has 6 aromatic rings. The molecule has 0 aliphatic carbocycles. The van der Waals surface area contributed by atoms with Crippen molar-refractivity contribution >= 4 is 27.8 Å². The van der Waals surface area contributed by atoms with Crippen LogP contribution >= 0.6 is 0 Å². The molecular formula is C32H31F2N7O3.